The molecular formula is C10H14ClFN2O2S. The molecule has 0 aliphatic rings. The number of benzene rings is 1. The number of sulfonamides is 1. The van der Waals surface area contributed by atoms with Gasteiger partial charge in [0.15, 0.2) is 0 Å². The smallest absolute Gasteiger partial charge is 0.208 e. The molecule has 0 heterocycles. The van der Waals surface area contributed by atoms with Crippen LogP contribution in [-0.4, -0.2) is 27.8 Å². The van der Waals surface area contributed by atoms with Gasteiger partial charge in [0.25, 0.3) is 0 Å². The van der Waals surface area contributed by atoms with E-state index in [1.165, 1.54) is 6.07 Å². The average molecular weight is 281 g/mol. The highest BCUT2D eigenvalue weighted by atomic mass is 35.5. The first-order valence-electron chi connectivity index (χ1n) is 4.98. The van der Waals surface area contributed by atoms with Gasteiger partial charge in [0.2, 0.25) is 10.0 Å². The normalized spacial score (nSPS) is 11.7. The molecule has 1 aromatic rings. The predicted molar refractivity (Wildman–Crippen MR) is 66.0 cm³/mol. The maximum atomic E-state index is 13.1. The highest BCUT2D eigenvalue weighted by Gasteiger charge is 2.04. The van der Waals surface area contributed by atoms with Gasteiger partial charge in [-0.05, 0) is 11.6 Å². The Hall–Kier alpha value is -0.690. The molecule has 0 saturated heterocycles. The van der Waals surface area contributed by atoms with Gasteiger partial charge in [-0.15, -0.1) is 0 Å². The number of halogens is 2. The zero-order chi connectivity index (χ0) is 12.9. The molecule has 0 bridgehead atoms. The Labute approximate surface area is 105 Å². The van der Waals surface area contributed by atoms with Gasteiger partial charge in [-0.1, -0.05) is 23.7 Å². The molecule has 0 atom stereocenters. The lowest BCUT2D eigenvalue weighted by Crippen LogP contribution is -2.30. The van der Waals surface area contributed by atoms with Crippen molar-refractivity contribution in [2.24, 2.45) is 0 Å². The Morgan fingerprint density at radius 2 is 2.06 bits per heavy atom. The fourth-order valence-corrected chi connectivity index (χ4v) is 1.90. The minimum absolute atomic E-state index is 0.0936. The SMILES string of the molecule is CS(=O)(=O)NCCNCc1cccc(F)c1Cl. The topological polar surface area (TPSA) is 58.2 Å². The van der Waals surface area contributed by atoms with Gasteiger partial charge >= 0.3 is 0 Å². The monoisotopic (exact) mass is 280 g/mol. The van der Waals surface area contributed by atoms with Crippen LogP contribution >= 0.6 is 11.6 Å². The van der Waals surface area contributed by atoms with E-state index >= 15 is 0 Å². The molecule has 1 rings (SSSR count). The Bertz CT molecular complexity index is 479. The lowest BCUT2D eigenvalue weighted by molar-refractivity contribution is 0.581. The predicted octanol–water partition coefficient (Wildman–Crippen LogP) is 1.12. The molecule has 0 radical (unpaired) electrons. The van der Waals surface area contributed by atoms with Crippen molar-refractivity contribution in [2.45, 2.75) is 6.54 Å². The highest BCUT2D eigenvalue weighted by Crippen LogP contribution is 2.18. The zero-order valence-corrected chi connectivity index (χ0v) is 10.9. The highest BCUT2D eigenvalue weighted by molar-refractivity contribution is 7.88. The maximum Gasteiger partial charge on any atom is 0.208 e. The number of nitrogens with one attached hydrogen (secondary N) is 2. The van der Waals surface area contributed by atoms with E-state index in [0.717, 1.165) is 6.26 Å². The lowest BCUT2D eigenvalue weighted by atomic mass is 10.2. The van der Waals surface area contributed by atoms with Crippen LogP contribution in [-0.2, 0) is 16.6 Å². The van der Waals surface area contributed by atoms with Crippen molar-refractivity contribution in [3.8, 4) is 0 Å². The third kappa shape index (κ3) is 5.45. The van der Waals surface area contributed by atoms with E-state index in [0.29, 0.717) is 18.7 Å². The van der Waals surface area contributed by atoms with E-state index in [1.807, 2.05) is 0 Å². The number of rotatable bonds is 6. The summed E-state index contributed by atoms with van der Waals surface area (Å²) >= 11 is 5.75. The number of hydrogen-bond donors (Lipinski definition) is 2. The summed E-state index contributed by atoms with van der Waals surface area (Å²) < 4.78 is 36.9. The van der Waals surface area contributed by atoms with Crippen molar-refractivity contribution in [3.63, 3.8) is 0 Å². The van der Waals surface area contributed by atoms with Crippen LogP contribution < -0.4 is 10.0 Å². The summed E-state index contributed by atoms with van der Waals surface area (Å²) in [5.74, 6) is -0.458. The second-order valence-corrected chi connectivity index (χ2v) is 5.77. The van der Waals surface area contributed by atoms with Crippen molar-refractivity contribution in [1.29, 1.82) is 0 Å². The summed E-state index contributed by atoms with van der Waals surface area (Å²) in [6.45, 7) is 1.12. The van der Waals surface area contributed by atoms with E-state index in [2.05, 4.69) is 10.0 Å². The van der Waals surface area contributed by atoms with E-state index < -0.39 is 15.8 Å². The van der Waals surface area contributed by atoms with Crippen molar-refractivity contribution < 1.29 is 12.8 Å². The summed E-state index contributed by atoms with van der Waals surface area (Å²) in [7, 11) is -3.16. The van der Waals surface area contributed by atoms with Crippen molar-refractivity contribution >= 4 is 21.6 Å². The quantitative estimate of drug-likeness (QED) is 0.768. The molecule has 7 heteroatoms. The summed E-state index contributed by atoms with van der Waals surface area (Å²) in [4.78, 5) is 0. The molecule has 17 heavy (non-hydrogen) atoms. The van der Waals surface area contributed by atoms with E-state index in [9.17, 15) is 12.8 Å². The molecule has 1 aromatic carbocycles. The van der Waals surface area contributed by atoms with Crippen molar-refractivity contribution in [1.82, 2.24) is 10.0 Å². The third-order valence-electron chi connectivity index (χ3n) is 2.01. The standard InChI is InChI=1S/C10H14ClFN2O2S/c1-17(15,16)14-6-5-13-7-8-3-2-4-9(12)10(8)11/h2-4,13-14H,5-7H2,1H3. The molecule has 0 unspecified atom stereocenters. The molecule has 2 N–H and O–H groups in total. The van der Waals surface area contributed by atoms with Crippen LogP contribution in [0.5, 0.6) is 0 Å². The molecule has 96 valence electrons. The maximum absolute atomic E-state index is 13.1. The van der Waals surface area contributed by atoms with Crippen LogP contribution in [0, 0.1) is 5.82 Å². The first kappa shape index (κ1) is 14.4. The first-order valence-corrected chi connectivity index (χ1v) is 7.25. The Kier molecular flexibility index (Phi) is 5.32. The van der Waals surface area contributed by atoms with Gasteiger partial charge in [0, 0.05) is 19.6 Å². The van der Waals surface area contributed by atoms with Gasteiger partial charge in [-0.2, -0.15) is 0 Å². The largest absolute Gasteiger partial charge is 0.311 e. The summed E-state index contributed by atoms with van der Waals surface area (Å²) in [6, 6.07) is 4.58. The second-order valence-electron chi connectivity index (χ2n) is 3.56. The summed E-state index contributed by atoms with van der Waals surface area (Å²) in [5.41, 5.74) is 0.644. The van der Waals surface area contributed by atoms with Crippen molar-refractivity contribution in [3.05, 3.63) is 34.6 Å². The van der Waals surface area contributed by atoms with Crippen LogP contribution in [0.25, 0.3) is 0 Å². The van der Waals surface area contributed by atoms with Gasteiger partial charge in [0.1, 0.15) is 5.82 Å². The van der Waals surface area contributed by atoms with Gasteiger partial charge < -0.3 is 5.32 Å². The summed E-state index contributed by atoms with van der Waals surface area (Å²) in [5, 5.41) is 3.06. The van der Waals surface area contributed by atoms with E-state index in [-0.39, 0.29) is 11.6 Å². The van der Waals surface area contributed by atoms with Crippen LogP contribution in [0.15, 0.2) is 18.2 Å². The summed E-state index contributed by atoms with van der Waals surface area (Å²) in [6.07, 6.45) is 1.09. The Morgan fingerprint density at radius 3 is 2.71 bits per heavy atom. The van der Waals surface area contributed by atoms with Crippen molar-refractivity contribution in [2.75, 3.05) is 19.3 Å². The van der Waals surface area contributed by atoms with Gasteiger partial charge in [0.05, 0.1) is 11.3 Å². The molecule has 0 aromatic heterocycles. The molecule has 4 nitrogen and oxygen atoms in total. The lowest BCUT2D eigenvalue weighted by Gasteiger charge is -2.07. The van der Waals surface area contributed by atoms with Gasteiger partial charge in [-0.25, -0.2) is 17.5 Å². The van der Waals surface area contributed by atoms with Crippen LogP contribution in [0.4, 0.5) is 4.39 Å². The molecule has 0 amide bonds. The average Bonchev–Trinajstić information content (AvgIpc) is 2.22. The molecule has 0 saturated carbocycles. The Balaban J connectivity index is 2.34. The van der Waals surface area contributed by atoms with Crippen LogP contribution in [0.3, 0.4) is 0 Å². The number of hydrogen-bond acceptors (Lipinski definition) is 3. The second kappa shape index (κ2) is 6.30. The zero-order valence-electron chi connectivity index (χ0n) is 9.33. The van der Waals surface area contributed by atoms with Crippen LogP contribution in [0.2, 0.25) is 5.02 Å². The fourth-order valence-electron chi connectivity index (χ4n) is 1.23. The molecule has 0 aliphatic carbocycles. The molecule has 0 aliphatic heterocycles. The minimum atomic E-state index is -3.16. The minimum Gasteiger partial charge on any atom is -0.311 e. The molecule has 0 spiro atoms. The fraction of sp³-hybridized carbons (Fsp3) is 0.400. The Morgan fingerprint density at radius 1 is 1.35 bits per heavy atom. The third-order valence-corrected chi connectivity index (χ3v) is 3.16. The molecule has 0 fully saturated rings. The first-order chi connectivity index (χ1) is 7.90. The van der Waals surface area contributed by atoms with E-state index in [4.69, 9.17) is 11.6 Å². The molecular weight excluding hydrogens is 267 g/mol. The van der Waals surface area contributed by atoms with Gasteiger partial charge in [-0.3, -0.25) is 0 Å². The van der Waals surface area contributed by atoms with Crippen LogP contribution in [0.1, 0.15) is 5.56 Å². The van der Waals surface area contributed by atoms with E-state index in [1.54, 1.807) is 12.1 Å².